The second-order valence-corrected chi connectivity index (χ2v) is 4.23. The number of halogens is 2. The molecule has 0 bridgehead atoms. The Kier molecular flexibility index (Phi) is 4.53. The van der Waals surface area contributed by atoms with Crippen molar-refractivity contribution in [2.75, 3.05) is 11.9 Å². The van der Waals surface area contributed by atoms with Crippen molar-refractivity contribution >= 4 is 23.2 Å². The first-order chi connectivity index (χ1) is 9.61. The van der Waals surface area contributed by atoms with E-state index >= 15 is 0 Å². The highest BCUT2D eigenvalue weighted by Crippen LogP contribution is 2.22. The van der Waals surface area contributed by atoms with Gasteiger partial charge in [0.2, 0.25) is 0 Å². The molecule has 0 atom stereocenters. The van der Waals surface area contributed by atoms with Gasteiger partial charge in [0.05, 0.1) is 12.2 Å². The molecule has 1 heterocycles. The maximum Gasteiger partial charge on any atom is 0.258 e. The summed E-state index contributed by atoms with van der Waals surface area (Å²) in [5, 5.41) is 2.64. The summed E-state index contributed by atoms with van der Waals surface area (Å²) in [6.07, 6.45) is 1.48. The van der Waals surface area contributed by atoms with Crippen molar-refractivity contribution < 1.29 is 13.9 Å². The summed E-state index contributed by atoms with van der Waals surface area (Å²) in [4.78, 5) is 15.8. The standard InChI is InChI=1S/C14H12ClFN2O2/c1-2-20-12-6-5-9(8-11(12)16)18-14(19)10-4-3-7-17-13(10)15/h3-8H,2H2,1H3,(H,18,19). The van der Waals surface area contributed by atoms with Crippen molar-refractivity contribution in [3.05, 3.63) is 53.1 Å². The lowest BCUT2D eigenvalue weighted by atomic mass is 10.2. The molecule has 1 amide bonds. The van der Waals surface area contributed by atoms with Gasteiger partial charge in [-0.25, -0.2) is 9.37 Å². The Morgan fingerprint density at radius 1 is 1.45 bits per heavy atom. The van der Waals surface area contributed by atoms with E-state index in [1.165, 1.54) is 24.4 Å². The molecule has 0 saturated carbocycles. The predicted molar refractivity (Wildman–Crippen MR) is 74.8 cm³/mol. The number of pyridine rings is 1. The monoisotopic (exact) mass is 294 g/mol. The highest BCUT2D eigenvalue weighted by Gasteiger charge is 2.12. The summed E-state index contributed by atoms with van der Waals surface area (Å²) in [7, 11) is 0. The van der Waals surface area contributed by atoms with Gasteiger partial charge in [-0.3, -0.25) is 4.79 Å². The average molecular weight is 295 g/mol. The highest BCUT2D eigenvalue weighted by molar-refractivity contribution is 6.33. The van der Waals surface area contributed by atoms with Crippen LogP contribution in [0.2, 0.25) is 5.15 Å². The largest absolute Gasteiger partial charge is 0.491 e. The van der Waals surface area contributed by atoms with Gasteiger partial charge in [0.1, 0.15) is 5.15 Å². The number of amides is 1. The quantitative estimate of drug-likeness (QED) is 0.878. The molecule has 0 aliphatic carbocycles. The van der Waals surface area contributed by atoms with E-state index in [0.717, 1.165) is 0 Å². The zero-order valence-corrected chi connectivity index (χ0v) is 11.4. The van der Waals surface area contributed by atoms with Crippen LogP contribution < -0.4 is 10.1 Å². The number of benzene rings is 1. The summed E-state index contributed by atoms with van der Waals surface area (Å²) >= 11 is 5.82. The molecule has 1 N–H and O–H groups in total. The third-order valence-electron chi connectivity index (χ3n) is 2.49. The van der Waals surface area contributed by atoms with Crippen LogP contribution >= 0.6 is 11.6 Å². The number of aromatic nitrogens is 1. The fraction of sp³-hybridized carbons (Fsp3) is 0.143. The number of carbonyl (C=O) groups is 1. The van der Waals surface area contributed by atoms with Crippen LogP contribution in [0.15, 0.2) is 36.5 Å². The van der Waals surface area contributed by atoms with Crippen molar-refractivity contribution in [2.24, 2.45) is 0 Å². The predicted octanol–water partition coefficient (Wildman–Crippen LogP) is 3.53. The van der Waals surface area contributed by atoms with E-state index in [0.29, 0.717) is 12.3 Å². The van der Waals surface area contributed by atoms with E-state index in [1.807, 2.05) is 0 Å². The Labute approximate surface area is 120 Å². The van der Waals surface area contributed by atoms with E-state index in [-0.39, 0.29) is 16.5 Å². The Hall–Kier alpha value is -2.14. The molecule has 6 heteroatoms. The van der Waals surface area contributed by atoms with Crippen LogP contribution in [0.5, 0.6) is 5.75 Å². The van der Waals surface area contributed by atoms with Crippen molar-refractivity contribution in [3.8, 4) is 5.75 Å². The molecule has 0 saturated heterocycles. The van der Waals surface area contributed by atoms with Crippen molar-refractivity contribution in [2.45, 2.75) is 6.92 Å². The number of hydrogen-bond acceptors (Lipinski definition) is 3. The third kappa shape index (κ3) is 3.24. The molecule has 0 aliphatic rings. The number of nitrogens with one attached hydrogen (secondary N) is 1. The van der Waals surface area contributed by atoms with Gasteiger partial charge in [-0.15, -0.1) is 0 Å². The Balaban J connectivity index is 2.16. The number of ether oxygens (including phenoxy) is 1. The topological polar surface area (TPSA) is 51.2 Å². The van der Waals surface area contributed by atoms with Crippen LogP contribution in [0.3, 0.4) is 0 Å². The molecule has 2 rings (SSSR count). The van der Waals surface area contributed by atoms with Gasteiger partial charge >= 0.3 is 0 Å². The van der Waals surface area contributed by atoms with Gasteiger partial charge in [0.25, 0.3) is 5.91 Å². The zero-order chi connectivity index (χ0) is 14.5. The van der Waals surface area contributed by atoms with E-state index in [9.17, 15) is 9.18 Å². The van der Waals surface area contributed by atoms with Crippen LogP contribution in [-0.2, 0) is 0 Å². The fourth-order valence-corrected chi connectivity index (χ4v) is 1.81. The maximum atomic E-state index is 13.7. The van der Waals surface area contributed by atoms with Crippen LogP contribution in [0.4, 0.5) is 10.1 Å². The number of hydrogen-bond donors (Lipinski definition) is 1. The molecule has 0 spiro atoms. The van der Waals surface area contributed by atoms with Gasteiger partial charge in [-0.05, 0) is 31.2 Å². The first-order valence-electron chi connectivity index (χ1n) is 5.96. The van der Waals surface area contributed by atoms with Gasteiger partial charge in [-0.1, -0.05) is 11.6 Å². The van der Waals surface area contributed by atoms with E-state index in [1.54, 1.807) is 19.1 Å². The number of rotatable bonds is 4. The minimum Gasteiger partial charge on any atom is -0.491 e. The molecule has 0 aliphatic heterocycles. The second-order valence-electron chi connectivity index (χ2n) is 3.87. The highest BCUT2D eigenvalue weighted by atomic mass is 35.5. The van der Waals surface area contributed by atoms with Crippen LogP contribution in [-0.4, -0.2) is 17.5 Å². The summed E-state index contributed by atoms with van der Waals surface area (Å²) in [6.45, 7) is 2.13. The maximum absolute atomic E-state index is 13.7. The molecule has 20 heavy (non-hydrogen) atoms. The van der Waals surface area contributed by atoms with E-state index < -0.39 is 11.7 Å². The van der Waals surface area contributed by atoms with Gasteiger partial charge in [0.15, 0.2) is 11.6 Å². The Morgan fingerprint density at radius 3 is 2.90 bits per heavy atom. The summed E-state index contributed by atoms with van der Waals surface area (Å²) in [5.74, 6) is -0.849. The summed E-state index contributed by atoms with van der Waals surface area (Å²) < 4.78 is 18.7. The second kappa shape index (κ2) is 6.34. The lowest BCUT2D eigenvalue weighted by Crippen LogP contribution is -2.13. The molecule has 2 aromatic rings. The van der Waals surface area contributed by atoms with Gasteiger partial charge < -0.3 is 10.1 Å². The summed E-state index contributed by atoms with van der Waals surface area (Å²) in [6, 6.07) is 7.33. The molecule has 1 aromatic carbocycles. The van der Waals surface area contributed by atoms with Crippen molar-refractivity contribution in [3.63, 3.8) is 0 Å². The van der Waals surface area contributed by atoms with Crippen LogP contribution in [0.1, 0.15) is 17.3 Å². The number of nitrogens with zero attached hydrogens (tertiary/aromatic N) is 1. The van der Waals surface area contributed by atoms with Gasteiger partial charge in [0, 0.05) is 18.0 Å². The first-order valence-corrected chi connectivity index (χ1v) is 6.34. The zero-order valence-electron chi connectivity index (χ0n) is 10.7. The van der Waals surface area contributed by atoms with Crippen molar-refractivity contribution in [1.82, 2.24) is 4.98 Å². The number of anilines is 1. The van der Waals surface area contributed by atoms with E-state index in [2.05, 4.69) is 10.3 Å². The van der Waals surface area contributed by atoms with Crippen LogP contribution in [0, 0.1) is 5.82 Å². The van der Waals surface area contributed by atoms with Crippen molar-refractivity contribution in [1.29, 1.82) is 0 Å². The fourth-order valence-electron chi connectivity index (χ4n) is 1.60. The molecule has 0 unspecified atom stereocenters. The minimum atomic E-state index is -0.540. The minimum absolute atomic E-state index is 0.0939. The number of carbonyl (C=O) groups excluding carboxylic acids is 1. The van der Waals surface area contributed by atoms with Gasteiger partial charge in [-0.2, -0.15) is 0 Å². The third-order valence-corrected chi connectivity index (χ3v) is 2.79. The lowest BCUT2D eigenvalue weighted by Gasteiger charge is -2.08. The molecule has 104 valence electrons. The Bertz CT molecular complexity index is 634. The lowest BCUT2D eigenvalue weighted by molar-refractivity contribution is 0.102. The van der Waals surface area contributed by atoms with E-state index in [4.69, 9.17) is 16.3 Å². The molecule has 4 nitrogen and oxygen atoms in total. The smallest absolute Gasteiger partial charge is 0.258 e. The van der Waals surface area contributed by atoms with Crippen LogP contribution in [0.25, 0.3) is 0 Å². The molecular weight excluding hydrogens is 283 g/mol. The summed E-state index contributed by atoms with van der Waals surface area (Å²) in [5.41, 5.74) is 0.541. The average Bonchev–Trinajstić information content (AvgIpc) is 2.42. The normalized spacial score (nSPS) is 10.2. The Morgan fingerprint density at radius 2 is 2.25 bits per heavy atom. The molecule has 0 radical (unpaired) electrons. The molecule has 1 aromatic heterocycles. The SMILES string of the molecule is CCOc1ccc(NC(=O)c2cccnc2Cl)cc1F. The molecule has 0 fully saturated rings. The first kappa shape index (κ1) is 14.3. The molecular formula is C14H12ClFN2O2.